The minimum absolute atomic E-state index is 0.0801. The number of furan rings is 2. The maximum Gasteiger partial charge on any atom is 0.258 e. The fraction of sp³-hybridized carbons (Fsp3) is 0.160. The van der Waals surface area contributed by atoms with Gasteiger partial charge in [-0.05, 0) is 261 Å². The number of hydrogen-bond acceptors (Lipinski definition) is 4. The lowest BCUT2D eigenvalue weighted by atomic mass is 9.34. The van der Waals surface area contributed by atoms with Crippen LogP contribution >= 0.6 is 22.7 Å². The first-order chi connectivity index (χ1) is 55.3. The molecule has 114 heavy (non-hydrogen) atoms. The molecule has 0 fully saturated rings. The van der Waals surface area contributed by atoms with E-state index in [1.54, 1.807) is 0 Å². The van der Waals surface area contributed by atoms with Crippen LogP contribution in [0.4, 0.5) is 0 Å². The van der Waals surface area contributed by atoms with E-state index < -0.39 is 5.41 Å². The van der Waals surface area contributed by atoms with Crippen LogP contribution in [0, 0.1) is 55.4 Å². The maximum absolute atomic E-state index is 7.77. The van der Waals surface area contributed by atoms with Crippen LogP contribution in [0.3, 0.4) is 0 Å². The average molecular weight is 1500 g/mol. The van der Waals surface area contributed by atoms with Crippen LogP contribution in [0.2, 0.25) is 0 Å². The van der Waals surface area contributed by atoms with Crippen LogP contribution in [0.1, 0.15) is 95.8 Å². The number of thiophene rings is 2. The number of aryl methyl sites for hydroxylation is 8. The fourth-order valence-electron chi connectivity index (χ4n) is 23.7. The normalized spacial score (nSPS) is 14.0. The van der Waals surface area contributed by atoms with Crippen molar-refractivity contribution in [3.05, 3.63) is 249 Å². The lowest BCUT2D eigenvalue weighted by Crippen LogP contribution is -2.59. The molecule has 12 aromatic heterocycles. The fourth-order valence-corrected chi connectivity index (χ4v) is 26.2. The Morgan fingerprint density at radius 3 is 1.18 bits per heavy atom. The van der Waals surface area contributed by atoms with Crippen LogP contribution < -0.4 is 32.8 Å². The van der Waals surface area contributed by atoms with Crippen LogP contribution in [-0.2, 0) is 17.3 Å². The Balaban J connectivity index is 0.731. The van der Waals surface area contributed by atoms with Crippen LogP contribution in [0.5, 0.6) is 0 Å². The molecule has 0 saturated carbocycles. The van der Waals surface area contributed by atoms with Crippen molar-refractivity contribution < 1.29 is 8.83 Å². The predicted octanol–water partition coefficient (Wildman–Crippen LogP) is 21.9. The van der Waals surface area contributed by atoms with Crippen molar-refractivity contribution in [2.24, 2.45) is 0 Å². The summed E-state index contributed by atoms with van der Waals surface area (Å²) in [6.45, 7) is 30.2. The van der Waals surface area contributed by atoms with Crippen molar-refractivity contribution in [1.29, 1.82) is 0 Å². The third-order valence-corrected chi connectivity index (χ3v) is 30.2. The van der Waals surface area contributed by atoms with Crippen LogP contribution in [0.25, 0.3) is 196 Å². The molecule has 14 heteroatoms. The van der Waals surface area contributed by atoms with Crippen LogP contribution in [-0.4, -0.2) is 49.3 Å². The molecule has 0 spiro atoms. The smallest absolute Gasteiger partial charge is 0.258 e. The van der Waals surface area contributed by atoms with E-state index in [1.807, 2.05) is 22.7 Å². The first-order valence-corrected chi connectivity index (χ1v) is 42.0. The van der Waals surface area contributed by atoms with Gasteiger partial charge in [-0.2, -0.15) is 0 Å². The minimum atomic E-state index is -0.417. The molecule has 24 aromatic rings. The lowest BCUT2D eigenvalue weighted by molar-refractivity contribution is 0.524. The standard InChI is InChI=1S/C100H72B2N8O2S2/c1-46-33-50(5)87-67(37-46)107-91-85(79-75-59-23-15-14-21-54(59)29-31-71(75)111-95(79)107)102-81-63(103(87)91)41-56(99(9,10)11)42-64(81)104-88-51(6)34-47(2)38-68(88)108-92(104)86(102)80-76-60-26-20-22-55(58(60)30-32-72(76)112-96(80)108)45-100(12,13)57-43-65-82-66(44-57)106-90-53(8)36-49(4)40-70(90)110-94(106)84(78-62-25-17-19-28-74(62)114-98(78)110)101(82)83-77-61-24-16-18-27-73(61)113-97(77)109-69-39-48(3)35-52(7)89(69)105(65)93(83)109/h14-44H,45H2,1-13H3. The van der Waals surface area contributed by atoms with Gasteiger partial charge in [-0.3, -0.25) is 35.9 Å². The van der Waals surface area contributed by atoms with Crippen molar-refractivity contribution >= 4 is 242 Å². The van der Waals surface area contributed by atoms with E-state index in [4.69, 9.17) is 8.83 Å². The molecule has 0 unspecified atom stereocenters. The number of hydrogen-bond donors (Lipinski definition) is 0. The zero-order valence-electron chi connectivity index (χ0n) is 65.5. The maximum atomic E-state index is 7.77. The lowest BCUT2D eigenvalue weighted by Gasteiger charge is -2.35. The summed E-state index contributed by atoms with van der Waals surface area (Å²) in [4.78, 5) is 2.64. The van der Waals surface area contributed by atoms with Gasteiger partial charge in [-0.25, -0.2) is 0 Å². The first kappa shape index (κ1) is 62.2. The van der Waals surface area contributed by atoms with E-state index in [2.05, 4.69) is 314 Å². The average Bonchev–Trinajstić information content (AvgIpc) is 1.48. The zero-order chi connectivity index (χ0) is 75.8. The van der Waals surface area contributed by atoms with Crippen molar-refractivity contribution in [3.8, 4) is 22.7 Å². The van der Waals surface area contributed by atoms with E-state index in [0.717, 1.165) is 56.5 Å². The Kier molecular flexibility index (Phi) is 10.8. The molecule has 16 heterocycles. The van der Waals surface area contributed by atoms with Gasteiger partial charge >= 0.3 is 0 Å². The summed E-state index contributed by atoms with van der Waals surface area (Å²) >= 11 is 3.91. The Morgan fingerprint density at radius 2 is 0.719 bits per heavy atom. The third-order valence-electron chi connectivity index (χ3n) is 27.9. The van der Waals surface area contributed by atoms with Crippen molar-refractivity contribution in [1.82, 2.24) is 35.9 Å². The number of nitrogens with zero attached hydrogens (tertiary/aromatic N) is 8. The van der Waals surface area contributed by atoms with Gasteiger partial charge in [0.05, 0.1) is 44.1 Å². The molecule has 4 aliphatic heterocycles. The Hall–Kier alpha value is -12.4. The van der Waals surface area contributed by atoms with Gasteiger partial charge in [0, 0.05) is 75.2 Å². The molecule has 4 aliphatic rings. The largest absolute Gasteiger partial charge is 0.439 e. The van der Waals surface area contributed by atoms with Gasteiger partial charge < -0.3 is 8.83 Å². The summed E-state index contributed by atoms with van der Waals surface area (Å²) in [6, 6.07) is 73.4. The van der Waals surface area contributed by atoms with E-state index >= 15 is 0 Å². The third kappa shape index (κ3) is 6.95. The minimum Gasteiger partial charge on any atom is -0.439 e. The van der Waals surface area contributed by atoms with Crippen molar-refractivity contribution in [2.75, 3.05) is 0 Å². The summed E-state index contributed by atoms with van der Waals surface area (Å²) in [5.41, 5.74) is 44.7. The number of rotatable bonds is 3. The topological polar surface area (TPSA) is 63.6 Å². The number of aromatic nitrogens is 8. The molecule has 10 nitrogen and oxygen atoms in total. The molecule has 0 amide bonds. The summed E-state index contributed by atoms with van der Waals surface area (Å²) in [5, 5.41) is 14.9. The first-order valence-electron chi connectivity index (χ1n) is 40.4. The number of imidazole rings is 4. The van der Waals surface area contributed by atoms with Gasteiger partial charge in [-0.1, -0.05) is 150 Å². The molecular weight excluding hydrogens is 1430 g/mol. The Bertz CT molecular complexity index is 8690. The van der Waals surface area contributed by atoms with Gasteiger partial charge in [0.1, 0.15) is 43.4 Å². The quantitative estimate of drug-likeness (QED) is 0.166. The van der Waals surface area contributed by atoms with E-state index in [-0.39, 0.29) is 18.8 Å². The highest BCUT2D eigenvalue weighted by Gasteiger charge is 2.51. The molecule has 0 aliphatic carbocycles. The monoisotopic (exact) mass is 1500 g/mol. The highest BCUT2D eigenvalue weighted by molar-refractivity contribution is 7.27. The molecule has 12 aromatic carbocycles. The van der Waals surface area contributed by atoms with Gasteiger partial charge in [0.15, 0.2) is 0 Å². The van der Waals surface area contributed by atoms with E-state index in [9.17, 15) is 0 Å². The van der Waals surface area contributed by atoms with Gasteiger partial charge in [0.2, 0.25) is 11.4 Å². The highest BCUT2D eigenvalue weighted by atomic mass is 32.1. The summed E-state index contributed by atoms with van der Waals surface area (Å²) in [6.07, 6.45) is 0.773. The summed E-state index contributed by atoms with van der Waals surface area (Å²) < 4.78 is 39.1. The number of fused-ring (bicyclic) bond motifs is 44. The summed E-state index contributed by atoms with van der Waals surface area (Å²) in [5.74, 6) is 0. The SMILES string of the molecule is Cc1cc(C)c2c(c1)n1c3oc4ccc5ccccc5c4c3c3c1n2-c1cc(C(C)(C)C)cc2c1B3c1c3c4c(ccc5c(CC(C)(C)c6cc7c8c(c6)-n6c9c(C)cc(C)cc9n9c%10sc%11ccccc%11c%10c(c69)B8c6c8c9ccccc9sc8n8c9cc(C)cc(C)c9n-7c68)cccc54)oc3n3c4cc(C)cc(C)c4n-2c13. The molecule has 542 valence electrons. The van der Waals surface area contributed by atoms with Crippen molar-refractivity contribution in [3.63, 3.8) is 0 Å². The molecule has 0 radical (unpaired) electrons. The Labute approximate surface area is 661 Å². The Morgan fingerprint density at radius 1 is 0.333 bits per heavy atom. The predicted molar refractivity (Wildman–Crippen MR) is 482 cm³/mol. The van der Waals surface area contributed by atoms with Crippen LogP contribution in [0.15, 0.2) is 197 Å². The molecule has 0 saturated heterocycles. The second-order valence-electron chi connectivity index (χ2n) is 36.2. The van der Waals surface area contributed by atoms with Gasteiger partial charge in [-0.15, -0.1) is 22.7 Å². The molecule has 0 atom stereocenters. The molecular formula is C100H72B2N8O2S2. The summed E-state index contributed by atoms with van der Waals surface area (Å²) in [7, 11) is 0. The number of benzene rings is 12. The second kappa shape index (κ2) is 19.8. The second-order valence-corrected chi connectivity index (χ2v) is 38.3. The van der Waals surface area contributed by atoms with E-state index in [0.29, 0.717) is 0 Å². The van der Waals surface area contributed by atoms with Gasteiger partial charge in [0.25, 0.3) is 13.4 Å². The molecule has 28 rings (SSSR count). The molecule has 0 bridgehead atoms. The van der Waals surface area contributed by atoms with Crippen molar-refractivity contribution in [2.45, 2.75) is 107 Å². The zero-order valence-corrected chi connectivity index (χ0v) is 67.1. The molecule has 0 N–H and O–H groups in total. The van der Waals surface area contributed by atoms with E-state index in [1.165, 1.54) is 240 Å². The highest BCUT2D eigenvalue weighted by Crippen LogP contribution is 2.52.